The van der Waals surface area contributed by atoms with E-state index in [1.165, 1.54) is 11.1 Å². The Labute approximate surface area is 145 Å². The molecule has 3 heteroatoms. The SMILES string of the molecule is Cc1ccc(CNC(=O)C(C)Oc2ccc(C(C)(C)C)cc2)cc1. The third-order valence-corrected chi connectivity index (χ3v) is 3.99. The Morgan fingerprint density at radius 1 is 1.04 bits per heavy atom. The summed E-state index contributed by atoms with van der Waals surface area (Å²) in [6.45, 7) is 10.8. The van der Waals surface area contributed by atoms with Crippen molar-refractivity contribution in [2.45, 2.75) is 52.7 Å². The van der Waals surface area contributed by atoms with Crippen molar-refractivity contribution in [3.63, 3.8) is 0 Å². The molecule has 1 N–H and O–H groups in total. The highest BCUT2D eigenvalue weighted by Crippen LogP contribution is 2.24. The maximum atomic E-state index is 12.2. The number of ether oxygens (including phenoxy) is 1. The molecule has 1 atom stereocenters. The highest BCUT2D eigenvalue weighted by Gasteiger charge is 2.16. The summed E-state index contributed by atoms with van der Waals surface area (Å²) < 4.78 is 5.74. The highest BCUT2D eigenvalue weighted by molar-refractivity contribution is 5.80. The molecule has 0 saturated heterocycles. The Bertz CT molecular complexity index is 666. The van der Waals surface area contributed by atoms with Crippen molar-refractivity contribution < 1.29 is 9.53 Å². The number of rotatable bonds is 5. The predicted molar refractivity (Wildman–Crippen MR) is 98.3 cm³/mol. The Hall–Kier alpha value is -2.29. The van der Waals surface area contributed by atoms with Gasteiger partial charge >= 0.3 is 0 Å². The summed E-state index contributed by atoms with van der Waals surface area (Å²) in [5, 5.41) is 2.91. The Kier molecular flexibility index (Phi) is 5.66. The van der Waals surface area contributed by atoms with Crippen LogP contribution in [0.25, 0.3) is 0 Å². The van der Waals surface area contributed by atoms with Gasteiger partial charge in [0, 0.05) is 6.54 Å². The van der Waals surface area contributed by atoms with Gasteiger partial charge in [-0.3, -0.25) is 4.79 Å². The number of amides is 1. The minimum Gasteiger partial charge on any atom is -0.481 e. The second-order valence-corrected chi connectivity index (χ2v) is 7.24. The van der Waals surface area contributed by atoms with E-state index in [2.05, 4.69) is 26.1 Å². The smallest absolute Gasteiger partial charge is 0.261 e. The number of carbonyl (C=O) groups is 1. The molecule has 0 spiro atoms. The van der Waals surface area contributed by atoms with Crippen LogP contribution in [0.1, 0.15) is 44.4 Å². The predicted octanol–water partition coefficient (Wildman–Crippen LogP) is 4.38. The van der Waals surface area contributed by atoms with Crippen molar-refractivity contribution in [1.29, 1.82) is 0 Å². The van der Waals surface area contributed by atoms with Crippen LogP contribution in [0, 0.1) is 6.92 Å². The van der Waals surface area contributed by atoms with Crippen molar-refractivity contribution in [3.05, 3.63) is 65.2 Å². The van der Waals surface area contributed by atoms with E-state index in [4.69, 9.17) is 4.74 Å². The normalized spacial score (nSPS) is 12.5. The lowest BCUT2D eigenvalue weighted by Crippen LogP contribution is -2.35. The molecule has 0 saturated carbocycles. The Morgan fingerprint density at radius 3 is 2.17 bits per heavy atom. The topological polar surface area (TPSA) is 38.3 Å². The third-order valence-electron chi connectivity index (χ3n) is 3.99. The van der Waals surface area contributed by atoms with Crippen LogP contribution in [0.15, 0.2) is 48.5 Å². The lowest BCUT2D eigenvalue weighted by atomic mass is 9.87. The monoisotopic (exact) mass is 325 g/mol. The van der Waals surface area contributed by atoms with Crippen LogP contribution < -0.4 is 10.1 Å². The van der Waals surface area contributed by atoms with Crippen LogP contribution in [0.2, 0.25) is 0 Å². The van der Waals surface area contributed by atoms with Crippen LogP contribution in [-0.4, -0.2) is 12.0 Å². The van der Waals surface area contributed by atoms with E-state index >= 15 is 0 Å². The van der Waals surface area contributed by atoms with E-state index in [1.54, 1.807) is 6.92 Å². The second kappa shape index (κ2) is 7.52. The van der Waals surface area contributed by atoms with E-state index in [-0.39, 0.29) is 11.3 Å². The van der Waals surface area contributed by atoms with Crippen LogP contribution >= 0.6 is 0 Å². The Morgan fingerprint density at radius 2 is 1.62 bits per heavy atom. The van der Waals surface area contributed by atoms with Crippen molar-refractivity contribution in [3.8, 4) is 5.75 Å². The molecule has 1 unspecified atom stereocenters. The summed E-state index contributed by atoms with van der Waals surface area (Å²) in [7, 11) is 0. The first-order valence-corrected chi connectivity index (χ1v) is 8.36. The first-order chi connectivity index (χ1) is 11.3. The molecular formula is C21H27NO2. The van der Waals surface area contributed by atoms with Crippen molar-refractivity contribution in [2.24, 2.45) is 0 Å². The van der Waals surface area contributed by atoms with Gasteiger partial charge in [-0.1, -0.05) is 62.7 Å². The molecule has 0 aliphatic rings. The standard InChI is InChI=1S/C21H27NO2/c1-15-6-8-17(9-7-15)14-22-20(23)16(2)24-19-12-10-18(11-13-19)21(3,4)5/h6-13,16H,14H2,1-5H3,(H,22,23). The van der Waals surface area contributed by atoms with E-state index < -0.39 is 6.10 Å². The number of hydrogen-bond acceptors (Lipinski definition) is 2. The van der Waals surface area contributed by atoms with Crippen molar-refractivity contribution in [1.82, 2.24) is 5.32 Å². The largest absolute Gasteiger partial charge is 0.481 e. The highest BCUT2D eigenvalue weighted by atomic mass is 16.5. The summed E-state index contributed by atoms with van der Waals surface area (Å²) in [4.78, 5) is 12.2. The average molecular weight is 325 g/mol. The molecular weight excluding hydrogens is 298 g/mol. The molecule has 24 heavy (non-hydrogen) atoms. The summed E-state index contributed by atoms with van der Waals surface area (Å²) in [6.07, 6.45) is -0.532. The fourth-order valence-electron chi connectivity index (χ4n) is 2.33. The van der Waals surface area contributed by atoms with Crippen LogP contribution in [0.5, 0.6) is 5.75 Å². The fourth-order valence-corrected chi connectivity index (χ4v) is 2.33. The first kappa shape index (κ1) is 18.1. The van der Waals surface area contributed by atoms with Gasteiger partial charge in [-0.2, -0.15) is 0 Å². The number of benzene rings is 2. The maximum absolute atomic E-state index is 12.2. The zero-order chi connectivity index (χ0) is 17.7. The molecule has 0 bridgehead atoms. The summed E-state index contributed by atoms with van der Waals surface area (Å²) in [5.74, 6) is 0.594. The molecule has 2 aromatic rings. The number of aryl methyl sites for hydroxylation is 1. The maximum Gasteiger partial charge on any atom is 0.261 e. The zero-order valence-corrected chi connectivity index (χ0v) is 15.2. The van der Waals surface area contributed by atoms with Crippen molar-refractivity contribution >= 4 is 5.91 Å². The first-order valence-electron chi connectivity index (χ1n) is 8.36. The molecule has 2 rings (SSSR count). The molecule has 3 nitrogen and oxygen atoms in total. The molecule has 1 amide bonds. The van der Waals surface area contributed by atoms with Crippen molar-refractivity contribution in [2.75, 3.05) is 0 Å². The molecule has 0 aromatic heterocycles. The summed E-state index contributed by atoms with van der Waals surface area (Å²) in [6, 6.07) is 16.1. The van der Waals surface area contributed by atoms with Crippen LogP contribution in [-0.2, 0) is 16.8 Å². The molecule has 2 aromatic carbocycles. The van der Waals surface area contributed by atoms with Gasteiger partial charge < -0.3 is 10.1 Å². The minimum absolute atomic E-state index is 0.107. The zero-order valence-electron chi connectivity index (χ0n) is 15.2. The molecule has 0 fully saturated rings. The van der Waals surface area contributed by atoms with Gasteiger partial charge in [-0.25, -0.2) is 0 Å². The van der Waals surface area contributed by atoms with E-state index in [0.717, 1.165) is 5.56 Å². The van der Waals surface area contributed by atoms with E-state index in [9.17, 15) is 4.79 Å². The van der Waals surface area contributed by atoms with Gasteiger partial charge in [-0.05, 0) is 42.5 Å². The molecule has 0 aliphatic carbocycles. The number of carbonyl (C=O) groups excluding carboxylic acids is 1. The molecule has 0 heterocycles. The average Bonchev–Trinajstić information content (AvgIpc) is 2.53. The van der Waals surface area contributed by atoms with Crippen LogP contribution in [0.4, 0.5) is 0 Å². The van der Waals surface area contributed by atoms with Gasteiger partial charge in [0.1, 0.15) is 5.75 Å². The van der Waals surface area contributed by atoms with Gasteiger partial charge in [-0.15, -0.1) is 0 Å². The lowest BCUT2D eigenvalue weighted by Gasteiger charge is -2.20. The molecule has 128 valence electrons. The lowest BCUT2D eigenvalue weighted by molar-refractivity contribution is -0.127. The molecule has 0 radical (unpaired) electrons. The van der Waals surface area contributed by atoms with Crippen LogP contribution in [0.3, 0.4) is 0 Å². The third kappa shape index (κ3) is 5.12. The summed E-state index contributed by atoms with van der Waals surface area (Å²) in [5.41, 5.74) is 3.64. The Balaban J connectivity index is 1.88. The van der Waals surface area contributed by atoms with Gasteiger partial charge in [0.05, 0.1) is 0 Å². The quantitative estimate of drug-likeness (QED) is 0.886. The van der Waals surface area contributed by atoms with Gasteiger partial charge in [0.25, 0.3) is 5.91 Å². The van der Waals surface area contributed by atoms with Gasteiger partial charge in [0.15, 0.2) is 6.10 Å². The second-order valence-electron chi connectivity index (χ2n) is 7.24. The van der Waals surface area contributed by atoms with E-state index in [1.807, 2.05) is 55.5 Å². The van der Waals surface area contributed by atoms with E-state index in [0.29, 0.717) is 12.3 Å². The minimum atomic E-state index is -0.532. The number of nitrogens with one attached hydrogen (secondary N) is 1. The number of hydrogen-bond donors (Lipinski definition) is 1. The molecule has 0 aliphatic heterocycles. The fraction of sp³-hybridized carbons (Fsp3) is 0.381. The summed E-state index contributed by atoms with van der Waals surface area (Å²) >= 11 is 0. The van der Waals surface area contributed by atoms with Gasteiger partial charge in [0.2, 0.25) is 0 Å².